The summed E-state index contributed by atoms with van der Waals surface area (Å²) in [4.78, 5) is 0. The first kappa shape index (κ1) is 21.1. The number of furan rings is 1. The van der Waals surface area contributed by atoms with Crippen LogP contribution in [0.4, 0.5) is 0 Å². The van der Waals surface area contributed by atoms with Gasteiger partial charge in [-0.05, 0) is 0 Å². The fourth-order valence-corrected chi connectivity index (χ4v) is 20.5. The Bertz CT molecular complexity index is 388. The molecule has 0 bridgehead atoms. The quantitative estimate of drug-likeness (QED) is 0.291. The summed E-state index contributed by atoms with van der Waals surface area (Å²) in [7, 11) is 0. The van der Waals surface area contributed by atoms with Gasteiger partial charge in [-0.3, -0.25) is 0 Å². The van der Waals surface area contributed by atoms with E-state index in [2.05, 4.69) is 46.8 Å². The van der Waals surface area contributed by atoms with E-state index in [1.165, 1.54) is 50.7 Å². The minimum absolute atomic E-state index is 0.602. The Morgan fingerprint density at radius 1 is 0.870 bits per heavy atom. The van der Waals surface area contributed by atoms with Crippen molar-refractivity contribution < 1.29 is 4.42 Å². The first-order valence-corrected chi connectivity index (χ1v) is 18.2. The maximum absolute atomic E-state index is 5.88. The Morgan fingerprint density at radius 2 is 1.39 bits per heavy atom. The molecule has 0 N–H and O–H groups in total. The Balaban J connectivity index is 2.70. The topological polar surface area (TPSA) is 13.1 Å². The monoisotopic (exact) mass is 428 g/mol. The van der Waals surface area contributed by atoms with Gasteiger partial charge in [0.15, 0.2) is 0 Å². The van der Waals surface area contributed by atoms with Crippen molar-refractivity contribution in [2.24, 2.45) is 0 Å². The summed E-state index contributed by atoms with van der Waals surface area (Å²) in [6.45, 7) is 11.5. The molecule has 0 spiro atoms. The van der Waals surface area contributed by atoms with Crippen molar-refractivity contribution in [2.75, 3.05) is 0 Å². The van der Waals surface area contributed by atoms with E-state index in [0.29, 0.717) is 5.92 Å². The van der Waals surface area contributed by atoms with Gasteiger partial charge in [0.05, 0.1) is 0 Å². The predicted octanol–water partition coefficient (Wildman–Crippen LogP) is 7.93. The summed E-state index contributed by atoms with van der Waals surface area (Å²) in [5.74, 6) is 2.87. The predicted molar refractivity (Wildman–Crippen MR) is 106 cm³/mol. The number of hydrogen-bond acceptors (Lipinski definition) is 1. The second kappa shape index (κ2) is 11.6. The van der Waals surface area contributed by atoms with Crippen LogP contribution in [0.15, 0.2) is 16.5 Å². The van der Waals surface area contributed by atoms with Crippen LogP contribution >= 0.6 is 0 Å². The first-order valence-electron chi connectivity index (χ1n) is 10.1. The molecule has 0 amide bonds. The van der Waals surface area contributed by atoms with Crippen molar-refractivity contribution in [3.8, 4) is 0 Å². The third-order valence-corrected chi connectivity index (χ3v) is 21.5. The standard InChI is InChI=1S/C9H13O.3C4H9.Sn/c1-4-7(2)9-6-5-8(3)10-9;3*1-3-4-2;/h5-7H,1,4H2,2-3H3;3*1,3-4H2,2H3;. The molecule has 1 rings (SSSR count). The molecule has 0 aliphatic heterocycles. The number of aryl methyl sites for hydroxylation is 1. The molecule has 1 aromatic rings. The Hall–Kier alpha value is 0.0787. The first-order chi connectivity index (χ1) is 11.1. The van der Waals surface area contributed by atoms with E-state index < -0.39 is 18.4 Å². The van der Waals surface area contributed by atoms with Crippen LogP contribution in [0.1, 0.15) is 90.1 Å². The van der Waals surface area contributed by atoms with Crippen LogP contribution in [0, 0.1) is 6.92 Å². The normalized spacial score (nSPS) is 13.4. The average molecular weight is 427 g/mol. The Kier molecular flexibility index (Phi) is 10.7. The summed E-state index contributed by atoms with van der Waals surface area (Å²) in [5, 5.41) is 0. The van der Waals surface area contributed by atoms with Gasteiger partial charge in [0.25, 0.3) is 0 Å². The molecule has 1 heterocycles. The molecule has 1 unspecified atom stereocenters. The average Bonchev–Trinajstić information content (AvgIpc) is 3.00. The summed E-state index contributed by atoms with van der Waals surface area (Å²) in [5.41, 5.74) is 0. The third-order valence-electron chi connectivity index (χ3n) is 5.54. The van der Waals surface area contributed by atoms with Gasteiger partial charge in [-0.25, -0.2) is 0 Å². The van der Waals surface area contributed by atoms with Crippen LogP contribution in [0.25, 0.3) is 0 Å². The molecule has 1 nitrogen and oxygen atoms in total. The van der Waals surface area contributed by atoms with Crippen LogP contribution in [-0.2, 0) is 0 Å². The van der Waals surface area contributed by atoms with Crippen molar-refractivity contribution in [3.05, 3.63) is 23.7 Å². The zero-order chi connectivity index (χ0) is 17.1. The van der Waals surface area contributed by atoms with E-state index >= 15 is 0 Å². The van der Waals surface area contributed by atoms with E-state index in [0.717, 1.165) is 5.76 Å². The molecule has 0 aromatic carbocycles. The second-order valence-corrected chi connectivity index (χ2v) is 22.0. The molecule has 0 radical (unpaired) electrons. The van der Waals surface area contributed by atoms with Gasteiger partial charge in [-0.1, -0.05) is 0 Å². The van der Waals surface area contributed by atoms with E-state index in [4.69, 9.17) is 4.42 Å². The fraction of sp³-hybridized carbons (Fsp3) is 0.810. The summed E-state index contributed by atoms with van der Waals surface area (Å²) < 4.78 is 12.4. The van der Waals surface area contributed by atoms with Crippen LogP contribution in [-0.4, -0.2) is 18.4 Å². The maximum atomic E-state index is 5.88. The fourth-order valence-electron chi connectivity index (χ4n) is 3.79. The van der Waals surface area contributed by atoms with Crippen molar-refractivity contribution in [2.45, 2.75) is 103 Å². The molecular formula is C21H40OSn. The van der Waals surface area contributed by atoms with Crippen molar-refractivity contribution in [1.29, 1.82) is 0 Å². The molecular weight excluding hydrogens is 387 g/mol. The number of hydrogen-bond donors (Lipinski definition) is 0. The zero-order valence-corrected chi connectivity index (χ0v) is 19.3. The van der Waals surface area contributed by atoms with E-state index in [9.17, 15) is 0 Å². The van der Waals surface area contributed by atoms with Crippen LogP contribution in [0.3, 0.4) is 0 Å². The van der Waals surface area contributed by atoms with Crippen LogP contribution < -0.4 is 0 Å². The zero-order valence-electron chi connectivity index (χ0n) is 16.4. The van der Waals surface area contributed by atoms with Gasteiger partial charge >= 0.3 is 150 Å². The third kappa shape index (κ3) is 7.66. The molecule has 1 aromatic heterocycles. The summed E-state index contributed by atoms with van der Waals surface area (Å²) in [6.07, 6.45) is 9.95. The van der Waals surface area contributed by atoms with Gasteiger partial charge in [-0.15, -0.1) is 0 Å². The molecule has 23 heavy (non-hydrogen) atoms. The second-order valence-electron chi connectivity index (χ2n) is 7.70. The van der Waals surface area contributed by atoms with Gasteiger partial charge in [0.2, 0.25) is 0 Å². The van der Waals surface area contributed by atoms with Crippen molar-refractivity contribution >= 4 is 18.4 Å². The molecule has 2 heteroatoms. The van der Waals surface area contributed by atoms with Gasteiger partial charge in [-0.2, -0.15) is 0 Å². The van der Waals surface area contributed by atoms with Gasteiger partial charge in [0, 0.05) is 0 Å². The Morgan fingerprint density at radius 3 is 1.78 bits per heavy atom. The molecule has 134 valence electrons. The molecule has 0 saturated heterocycles. The van der Waals surface area contributed by atoms with Crippen molar-refractivity contribution in [1.82, 2.24) is 0 Å². The summed E-state index contributed by atoms with van der Waals surface area (Å²) in [6, 6.07) is 4.31. The van der Waals surface area contributed by atoms with E-state index in [1.807, 2.05) is 0 Å². The molecule has 0 aliphatic rings. The molecule has 0 saturated carbocycles. The minimum atomic E-state index is -1.94. The number of rotatable bonds is 13. The van der Waals surface area contributed by atoms with Crippen molar-refractivity contribution in [3.63, 3.8) is 0 Å². The SMILES string of the molecule is CCC[CH2][Sn]([CH2]CCC)([CH2]CCC)[CH2]CC(C)c1ccc(C)o1. The molecule has 1 atom stereocenters. The van der Waals surface area contributed by atoms with Crippen LogP contribution in [0.5, 0.6) is 0 Å². The van der Waals surface area contributed by atoms with Gasteiger partial charge < -0.3 is 0 Å². The summed E-state index contributed by atoms with van der Waals surface area (Å²) >= 11 is -1.94. The van der Waals surface area contributed by atoms with Gasteiger partial charge in [0.1, 0.15) is 0 Å². The van der Waals surface area contributed by atoms with E-state index in [1.54, 1.807) is 17.7 Å². The molecule has 0 aliphatic carbocycles. The van der Waals surface area contributed by atoms with E-state index in [-0.39, 0.29) is 0 Å². The number of unbranched alkanes of at least 4 members (excludes halogenated alkanes) is 3. The Labute approximate surface area is 149 Å². The molecule has 0 fully saturated rings. The van der Waals surface area contributed by atoms with Crippen LogP contribution in [0.2, 0.25) is 17.7 Å².